The zero-order valence-electron chi connectivity index (χ0n) is 16.4. The number of benzene rings is 2. The lowest BCUT2D eigenvalue weighted by molar-refractivity contribution is -0.130. The quantitative estimate of drug-likeness (QED) is 0.497. The van der Waals surface area contributed by atoms with E-state index in [-0.39, 0.29) is 5.56 Å². The second kappa shape index (κ2) is 7.05. The third kappa shape index (κ3) is 2.96. The molecule has 0 bridgehead atoms. The van der Waals surface area contributed by atoms with Crippen LogP contribution in [0.15, 0.2) is 42.6 Å². The van der Waals surface area contributed by atoms with E-state index in [4.69, 9.17) is 0 Å². The maximum Gasteiger partial charge on any atom is 0.325 e. The molecule has 2 N–H and O–H groups in total. The predicted molar refractivity (Wildman–Crippen MR) is 106 cm³/mol. The van der Waals surface area contributed by atoms with Gasteiger partial charge in [-0.25, -0.2) is 13.6 Å². The van der Waals surface area contributed by atoms with E-state index in [0.29, 0.717) is 10.9 Å². The molecule has 1 aliphatic rings. The largest absolute Gasteiger partial charge is 0.360 e. The molecule has 0 radical (unpaired) electrons. The monoisotopic (exact) mass is 411 g/mol. The highest BCUT2D eigenvalue weighted by Gasteiger charge is 2.51. The molecule has 0 saturated carbocycles. The number of H-pyrrole nitrogens is 1. The third-order valence-corrected chi connectivity index (χ3v) is 5.53. The molecule has 0 aliphatic carbocycles. The summed E-state index contributed by atoms with van der Waals surface area (Å²) < 4.78 is 27.9. The molecule has 1 unspecified atom stereocenters. The number of aromatic amines is 1. The van der Waals surface area contributed by atoms with Crippen molar-refractivity contribution in [3.05, 3.63) is 70.9 Å². The summed E-state index contributed by atoms with van der Waals surface area (Å²) in [6.07, 6.45) is 2.33. The molecule has 0 spiro atoms. The number of fused-ring (bicyclic) bond motifs is 1. The number of aryl methyl sites for hydroxylation is 1. The zero-order valence-corrected chi connectivity index (χ0v) is 16.4. The van der Waals surface area contributed by atoms with Gasteiger partial charge in [-0.05, 0) is 37.1 Å². The van der Waals surface area contributed by atoms with Crippen molar-refractivity contribution in [1.82, 2.24) is 15.2 Å². The van der Waals surface area contributed by atoms with Crippen molar-refractivity contribution in [2.75, 3.05) is 6.54 Å². The second-order valence-corrected chi connectivity index (χ2v) is 7.39. The van der Waals surface area contributed by atoms with E-state index in [1.807, 2.05) is 19.1 Å². The summed E-state index contributed by atoms with van der Waals surface area (Å²) in [5, 5.41) is 3.09. The minimum Gasteiger partial charge on any atom is -0.360 e. The fourth-order valence-electron chi connectivity index (χ4n) is 3.87. The van der Waals surface area contributed by atoms with Crippen LogP contribution in [-0.4, -0.2) is 34.2 Å². The molecule has 30 heavy (non-hydrogen) atoms. The number of nitrogens with zero attached hydrogens (tertiary/aromatic N) is 1. The number of amides is 3. The van der Waals surface area contributed by atoms with Gasteiger partial charge >= 0.3 is 6.03 Å². The predicted octanol–water partition coefficient (Wildman–Crippen LogP) is 3.66. The van der Waals surface area contributed by atoms with E-state index in [2.05, 4.69) is 10.3 Å². The summed E-state index contributed by atoms with van der Waals surface area (Å²) in [7, 11) is 0. The first kappa shape index (κ1) is 19.8. The lowest BCUT2D eigenvalue weighted by atomic mass is 9.91. The van der Waals surface area contributed by atoms with Crippen molar-refractivity contribution in [3.8, 4) is 0 Å². The number of para-hydroxylation sites is 1. The molecule has 8 heteroatoms. The number of hydrogen-bond acceptors (Lipinski definition) is 3. The van der Waals surface area contributed by atoms with Crippen LogP contribution in [0.25, 0.3) is 10.9 Å². The van der Waals surface area contributed by atoms with Gasteiger partial charge in [0.2, 0.25) is 0 Å². The molecule has 1 aliphatic heterocycles. The van der Waals surface area contributed by atoms with Crippen molar-refractivity contribution >= 4 is 28.6 Å². The van der Waals surface area contributed by atoms with E-state index >= 15 is 0 Å². The Labute approximate surface area is 170 Å². The van der Waals surface area contributed by atoms with E-state index in [1.165, 1.54) is 6.92 Å². The number of hydrogen-bond donors (Lipinski definition) is 2. The van der Waals surface area contributed by atoms with Crippen molar-refractivity contribution in [1.29, 1.82) is 0 Å². The van der Waals surface area contributed by atoms with Crippen molar-refractivity contribution in [2.45, 2.75) is 25.8 Å². The fourth-order valence-corrected chi connectivity index (χ4v) is 3.87. The van der Waals surface area contributed by atoms with E-state index < -0.39 is 41.4 Å². The Balaban J connectivity index is 1.64. The van der Waals surface area contributed by atoms with Crippen LogP contribution in [0.1, 0.15) is 35.3 Å². The highest BCUT2D eigenvalue weighted by Crippen LogP contribution is 2.31. The fraction of sp³-hybridized carbons (Fsp3) is 0.227. The topological polar surface area (TPSA) is 82.3 Å². The Morgan fingerprint density at radius 1 is 1.17 bits per heavy atom. The van der Waals surface area contributed by atoms with Gasteiger partial charge in [0.15, 0.2) is 5.78 Å². The summed E-state index contributed by atoms with van der Waals surface area (Å²) >= 11 is 0. The number of halogens is 2. The molecule has 6 nitrogen and oxygen atoms in total. The van der Waals surface area contributed by atoms with Gasteiger partial charge in [0.1, 0.15) is 17.2 Å². The minimum absolute atomic E-state index is 0.296. The van der Waals surface area contributed by atoms with E-state index in [1.54, 1.807) is 12.3 Å². The highest BCUT2D eigenvalue weighted by atomic mass is 19.1. The molecular weight excluding hydrogens is 392 g/mol. The molecule has 1 saturated heterocycles. The number of rotatable bonds is 5. The summed E-state index contributed by atoms with van der Waals surface area (Å²) in [4.78, 5) is 42.1. The van der Waals surface area contributed by atoms with Crippen LogP contribution in [-0.2, 0) is 16.8 Å². The SMILES string of the molecule is CCc1cccc2c(C(=O)CN3C(=O)NC(C)(c4cc(F)ccc4F)C3=O)c[nH]c12. The molecule has 1 atom stereocenters. The van der Waals surface area contributed by atoms with Gasteiger partial charge < -0.3 is 10.3 Å². The molecule has 1 fully saturated rings. The first-order valence-corrected chi connectivity index (χ1v) is 9.48. The van der Waals surface area contributed by atoms with E-state index in [9.17, 15) is 23.2 Å². The van der Waals surface area contributed by atoms with Crippen LogP contribution in [0.2, 0.25) is 0 Å². The van der Waals surface area contributed by atoms with Gasteiger partial charge in [-0.1, -0.05) is 25.1 Å². The summed E-state index contributed by atoms with van der Waals surface area (Å²) in [6, 6.07) is 7.41. The molecular formula is C22H19F2N3O3. The van der Waals surface area contributed by atoms with Gasteiger partial charge in [0.05, 0.1) is 6.54 Å². The number of aromatic nitrogens is 1. The second-order valence-electron chi connectivity index (χ2n) is 7.39. The summed E-state index contributed by atoms with van der Waals surface area (Å²) in [6.45, 7) is 2.77. The van der Waals surface area contributed by atoms with Crippen molar-refractivity contribution < 1.29 is 23.2 Å². The Bertz CT molecular complexity index is 1200. The van der Waals surface area contributed by atoms with Crippen LogP contribution >= 0.6 is 0 Å². The average molecular weight is 411 g/mol. The minimum atomic E-state index is -1.81. The summed E-state index contributed by atoms with van der Waals surface area (Å²) in [5.41, 5.74) is 0.115. The maximum atomic E-state index is 14.3. The van der Waals surface area contributed by atoms with Crippen molar-refractivity contribution in [2.24, 2.45) is 0 Å². The molecule has 1 aromatic heterocycles. The number of nitrogens with one attached hydrogen (secondary N) is 2. The normalized spacial score (nSPS) is 18.9. The standard InChI is InChI=1S/C22H19F2N3O3/c1-3-12-5-4-6-14-15(10-25-19(12)14)18(28)11-27-20(29)22(2,26-21(27)30)16-9-13(23)7-8-17(16)24/h4-10,25H,3,11H2,1-2H3,(H,26,30). The number of imide groups is 1. The Hall–Kier alpha value is -3.55. The van der Waals surface area contributed by atoms with Gasteiger partial charge in [-0.15, -0.1) is 0 Å². The molecule has 154 valence electrons. The highest BCUT2D eigenvalue weighted by molar-refractivity contribution is 6.14. The summed E-state index contributed by atoms with van der Waals surface area (Å²) in [5.74, 6) is -2.83. The number of carbonyl (C=O) groups excluding carboxylic acids is 3. The third-order valence-electron chi connectivity index (χ3n) is 5.53. The average Bonchev–Trinajstić information content (AvgIpc) is 3.25. The Morgan fingerprint density at radius 2 is 1.93 bits per heavy atom. The van der Waals surface area contributed by atoms with Gasteiger partial charge in [-0.2, -0.15) is 0 Å². The van der Waals surface area contributed by atoms with Crippen LogP contribution < -0.4 is 5.32 Å². The number of ketones is 1. The molecule has 3 aromatic rings. The van der Waals surface area contributed by atoms with Crippen LogP contribution in [0.4, 0.5) is 13.6 Å². The van der Waals surface area contributed by atoms with Gasteiger partial charge in [0.25, 0.3) is 5.91 Å². The van der Waals surface area contributed by atoms with Crippen LogP contribution in [0.5, 0.6) is 0 Å². The van der Waals surface area contributed by atoms with E-state index in [0.717, 1.165) is 40.6 Å². The van der Waals surface area contributed by atoms with Gasteiger partial charge in [-0.3, -0.25) is 14.5 Å². The first-order chi connectivity index (χ1) is 14.3. The van der Waals surface area contributed by atoms with Crippen LogP contribution in [0, 0.1) is 11.6 Å². The Morgan fingerprint density at radius 3 is 2.67 bits per heavy atom. The lowest BCUT2D eigenvalue weighted by Gasteiger charge is -2.22. The lowest BCUT2D eigenvalue weighted by Crippen LogP contribution is -2.42. The van der Waals surface area contributed by atoms with Gasteiger partial charge in [0, 0.05) is 28.2 Å². The number of carbonyl (C=O) groups is 3. The van der Waals surface area contributed by atoms with Crippen LogP contribution in [0.3, 0.4) is 0 Å². The molecule has 3 amide bonds. The maximum absolute atomic E-state index is 14.3. The number of Topliss-reactive ketones (excluding diaryl/α,β-unsaturated/α-hetero) is 1. The molecule has 2 aromatic carbocycles. The molecule has 2 heterocycles. The van der Waals surface area contributed by atoms with Crippen molar-refractivity contribution in [3.63, 3.8) is 0 Å². The first-order valence-electron chi connectivity index (χ1n) is 9.48. The smallest absolute Gasteiger partial charge is 0.325 e. The zero-order chi connectivity index (χ0) is 21.6. The number of urea groups is 1. The Kier molecular flexibility index (Phi) is 4.64. The molecule has 4 rings (SSSR count).